The Morgan fingerprint density at radius 2 is 1.79 bits per heavy atom. The first-order chi connectivity index (χ1) is 8.44. The number of halogens is 3. The number of sulfone groups is 1. The predicted octanol–water partition coefficient (Wildman–Crippen LogP) is 2.63. The first-order valence-electron chi connectivity index (χ1n) is 5.35. The SMILES string of the molecule is Cc1cc(C(F)(F)F)ccc1C(=O)C(C)S(C)(=O)=O. The molecule has 1 unspecified atom stereocenters. The van der Waals surface area contributed by atoms with Gasteiger partial charge in [0.25, 0.3) is 0 Å². The smallest absolute Gasteiger partial charge is 0.293 e. The van der Waals surface area contributed by atoms with E-state index in [9.17, 15) is 26.4 Å². The molecule has 0 aliphatic heterocycles. The second-order valence-electron chi connectivity index (χ2n) is 4.36. The molecule has 0 spiro atoms. The van der Waals surface area contributed by atoms with Gasteiger partial charge in [-0.05, 0) is 31.5 Å². The minimum Gasteiger partial charge on any atom is -0.293 e. The monoisotopic (exact) mass is 294 g/mol. The van der Waals surface area contributed by atoms with E-state index in [1.54, 1.807) is 0 Å². The van der Waals surface area contributed by atoms with Gasteiger partial charge in [-0.2, -0.15) is 13.2 Å². The van der Waals surface area contributed by atoms with Gasteiger partial charge in [0, 0.05) is 11.8 Å². The van der Waals surface area contributed by atoms with Gasteiger partial charge >= 0.3 is 6.18 Å². The van der Waals surface area contributed by atoms with E-state index in [0.29, 0.717) is 0 Å². The summed E-state index contributed by atoms with van der Waals surface area (Å²) in [5.74, 6) is -0.700. The summed E-state index contributed by atoms with van der Waals surface area (Å²) >= 11 is 0. The minimum absolute atomic E-state index is 0.00840. The number of rotatable bonds is 3. The number of carbonyl (C=O) groups is 1. The molecule has 7 heteroatoms. The van der Waals surface area contributed by atoms with E-state index in [-0.39, 0.29) is 11.1 Å². The van der Waals surface area contributed by atoms with Crippen molar-refractivity contribution >= 4 is 15.6 Å². The number of benzene rings is 1. The van der Waals surface area contributed by atoms with E-state index in [2.05, 4.69) is 0 Å². The molecule has 0 fully saturated rings. The lowest BCUT2D eigenvalue weighted by Crippen LogP contribution is -2.27. The molecule has 0 aliphatic rings. The first-order valence-corrected chi connectivity index (χ1v) is 7.31. The molecular formula is C12H13F3O3S. The Bertz CT molecular complexity index is 603. The van der Waals surface area contributed by atoms with Crippen LogP contribution < -0.4 is 0 Å². The summed E-state index contributed by atoms with van der Waals surface area (Å²) < 4.78 is 60.0. The van der Waals surface area contributed by atoms with Crippen molar-refractivity contribution in [3.8, 4) is 0 Å². The van der Waals surface area contributed by atoms with Crippen molar-refractivity contribution in [3.05, 3.63) is 34.9 Å². The predicted molar refractivity (Wildman–Crippen MR) is 64.8 cm³/mol. The van der Waals surface area contributed by atoms with Crippen LogP contribution in [-0.2, 0) is 16.0 Å². The number of carbonyl (C=O) groups excluding carboxylic acids is 1. The Morgan fingerprint density at radius 1 is 1.26 bits per heavy atom. The molecule has 1 atom stereocenters. The van der Waals surface area contributed by atoms with Gasteiger partial charge in [-0.15, -0.1) is 0 Å². The van der Waals surface area contributed by atoms with Crippen molar-refractivity contribution in [1.29, 1.82) is 0 Å². The van der Waals surface area contributed by atoms with Crippen LogP contribution in [0.3, 0.4) is 0 Å². The Hall–Kier alpha value is -1.37. The second-order valence-corrected chi connectivity index (χ2v) is 6.73. The maximum absolute atomic E-state index is 12.5. The third-order valence-corrected chi connectivity index (χ3v) is 4.33. The van der Waals surface area contributed by atoms with Crippen LogP contribution in [0.25, 0.3) is 0 Å². The van der Waals surface area contributed by atoms with Gasteiger partial charge in [0.15, 0.2) is 15.6 Å². The highest BCUT2D eigenvalue weighted by Gasteiger charge is 2.32. The number of alkyl halides is 3. The maximum Gasteiger partial charge on any atom is 0.416 e. The van der Waals surface area contributed by atoms with Gasteiger partial charge in [-0.3, -0.25) is 4.79 Å². The summed E-state index contributed by atoms with van der Waals surface area (Å²) in [6.45, 7) is 2.56. The molecular weight excluding hydrogens is 281 g/mol. The van der Waals surface area contributed by atoms with Crippen LogP contribution >= 0.6 is 0 Å². The average molecular weight is 294 g/mol. The topological polar surface area (TPSA) is 51.2 Å². The zero-order valence-electron chi connectivity index (χ0n) is 10.6. The standard InChI is InChI=1S/C12H13F3O3S/c1-7-6-9(12(13,14)15)4-5-10(7)11(16)8(2)19(3,17)18/h4-6,8H,1-3H3. The van der Waals surface area contributed by atoms with E-state index < -0.39 is 32.6 Å². The van der Waals surface area contributed by atoms with Crippen molar-refractivity contribution in [2.24, 2.45) is 0 Å². The van der Waals surface area contributed by atoms with E-state index in [1.807, 2.05) is 0 Å². The zero-order valence-corrected chi connectivity index (χ0v) is 11.4. The molecule has 106 valence electrons. The fraction of sp³-hybridized carbons (Fsp3) is 0.417. The van der Waals surface area contributed by atoms with Crippen molar-refractivity contribution in [2.45, 2.75) is 25.3 Å². The average Bonchev–Trinajstić information content (AvgIpc) is 2.24. The summed E-state index contributed by atoms with van der Waals surface area (Å²) in [6.07, 6.45) is -3.58. The molecule has 19 heavy (non-hydrogen) atoms. The highest BCUT2D eigenvalue weighted by Crippen LogP contribution is 2.30. The molecule has 1 rings (SSSR count). The highest BCUT2D eigenvalue weighted by molar-refractivity contribution is 7.92. The maximum atomic E-state index is 12.5. The normalized spacial score (nSPS) is 14.2. The molecule has 0 amide bonds. The highest BCUT2D eigenvalue weighted by atomic mass is 32.2. The summed E-state index contributed by atoms with van der Waals surface area (Å²) in [5.41, 5.74) is -0.769. The lowest BCUT2D eigenvalue weighted by Gasteiger charge is -2.13. The Morgan fingerprint density at radius 3 is 2.16 bits per heavy atom. The third kappa shape index (κ3) is 3.56. The van der Waals surface area contributed by atoms with Crippen LogP contribution in [0, 0.1) is 6.92 Å². The summed E-state index contributed by atoms with van der Waals surface area (Å²) in [7, 11) is -3.58. The molecule has 1 aromatic rings. The van der Waals surface area contributed by atoms with Crippen molar-refractivity contribution in [1.82, 2.24) is 0 Å². The molecule has 0 N–H and O–H groups in total. The van der Waals surface area contributed by atoms with Gasteiger partial charge < -0.3 is 0 Å². The Labute approximate surface area is 109 Å². The van der Waals surface area contributed by atoms with Gasteiger partial charge in [-0.1, -0.05) is 6.07 Å². The van der Waals surface area contributed by atoms with Crippen LogP contribution in [0.2, 0.25) is 0 Å². The van der Waals surface area contributed by atoms with E-state index in [1.165, 1.54) is 13.8 Å². The van der Waals surface area contributed by atoms with Gasteiger partial charge in [0.2, 0.25) is 0 Å². The molecule has 0 heterocycles. The molecule has 0 radical (unpaired) electrons. The number of ketones is 1. The number of Topliss-reactive ketones (excluding diaryl/α,β-unsaturated/α-hetero) is 1. The van der Waals surface area contributed by atoms with E-state index >= 15 is 0 Å². The van der Waals surface area contributed by atoms with E-state index in [0.717, 1.165) is 24.5 Å². The molecule has 0 aliphatic carbocycles. The lowest BCUT2D eigenvalue weighted by molar-refractivity contribution is -0.137. The minimum atomic E-state index is -4.49. The van der Waals surface area contributed by atoms with Crippen LogP contribution in [0.15, 0.2) is 18.2 Å². The largest absolute Gasteiger partial charge is 0.416 e. The fourth-order valence-corrected chi connectivity index (χ4v) is 2.05. The van der Waals surface area contributed by atoms with Gasteiger partial charge in [0.05, 0.1) is 5.56 Å². The number of hydrogen-bond donors (Lipinski definition) is 0. The number of hydrogen-bond acceptors (Lipinski definition) is 3. The summed E-state index contributed by atoms with van der Waals surface area (Å²) in [6, 6.07) is 2.62. The van der Waals surface area contributed by atoms with Gasteiger partial charge in [0.1, 0.15) is 5.25 Å². The zero-order chi connectivity index (χ0) is 15.0. The molecule has 0 aromatic heterocycles. The lowest BCUT2D eigenvalue weighted by atomic mass is 10.00. The summed E-state index contributed by atoms with van der Waals surface area (Å²) in [5, 5.41) is -1.28. The molecule has 0 saturated carbocycles. The molecule has 0 saturated heterocycles. The third-order valence-electron chi connectivity index (χ3n) is 2.83. The van der Waals surface area contributed by atoms with Gasteiger partial charge in [-0.25, -0.2) is 8.42 Å². The molecule has 3 nitrogen and oxygen atoms in total. The van der Waals surface area contributed by atoms with Crippen LogP contribution in [-0.4, -0.2) is 25.7 Å². The fourth-order valence-electron chi connectivity index (χ4n) is 1.53. The summed E-state index contributed by atoms with van der Waals surface area (Å²) in [4.78, 5) is 11.9. The first kappa shape index (κ1) is 15.7. The van der Waals surface area contributed by atoms with Crippen molar-refractivity contribution < 1.29 is 26.4 Å². The van der Waals surface area contributed by atoms with Crippen LogP contribution in [0.5, 0.6) is 0 Å². The quantitative estimate of drug-likeness (QED) is 0.805. The molecule has 0 bridgehead atoms. The van der Waals surface area contributed by atoms with E-state index in [4.69, 9.17) is 0 Å². The Balaban J connectivity index is 3.21. The van der Waals surface area contributed by atoms with Crippen molar-refractivity contribution in [2.75, 3.05) is 6.26 Å². The second kappa shape index (κ2) is 4.96. The number of aryl methyl sites for hydroxylation is 1. The van der Waals surface area contributed by atoms with Crippen LogP contribution in [0.1, 0.15) is 28.4 Å². The Kier molecular flexibility index (Phi) is 4.09. The van der Waals surface area contributed by atoms with Crippen LogP contribution in [0.4, 0.5) is 13.2 Å². The molecule has 1 aromatic carbocycles. The van der Waals surface area contributed by atoms with Crippen molar-refractivity contribution in [3.63, 3.8) is 0 Å².